The summed E-state index contributed by atoms with van der Waals surface area (Å²) in [5, 5.41) is 2.97. The summed E-state index contributed by atoms with van der Waals surface area (Å²) in [6.45, 7) is 0.736. The van der Waals surface area contributed by atoms with E-state index in [4.69, 9.17) is 0 Å². The summed E-state index contributed by atoms with van der Waals surface area (Å²) >= 11 is 0. The summed E-state index contributed by atoms with van der Waals surface area (Å²) in [6, 6.07) is 17.2. The lowest BCUT2D eigenvalue weighted by Gasteiger charge is -2.32. The fourth-order valence-electron chi connectivity index (χ4n) is 4.65. The molecule has 10 heteroatoms. The van der Waals surface area contributed by atoms with Crippen molar-refractivity contribution >= 4 is 27.5 Å². The number of nitrogens with zero attached hydrogens (tertiary/aromatic N) is 2. The molecular weight excluding hydrogens is 524 g/mol. The Morgan fingerprint density at radius 3 is 2.18 bits per heavy atom. The van der Waals surface area contributed by atoms with Gasteiger partial charge in [-0.3, -0.25) is 13.9 Å². The van der Waals surface area contributed by atoms with Gasteiger partial charge >= 0.3 is 0 Å². The molecule has 0 unspecified atom stereocenters. The number of amides is 2. The highest BCUT2D eigenvalue weighted by molar-refractivity contribution is 7.92. The minimum atomic E-state index is -4.35. The van der Waals surface area contributed by atoms with Crippen LogP contribution in [-0.4, -0.2) is 43.8 Å². The Hall–Kier alpha value is -3.79. The van der Waals surface area contributed by atoms with Crippen LogP contribution in [0.5, 0.6) is 0 Å². The van der Waals surface area contributed by atoms with Crippen LogP contribution in [0.2, 0.25) is 0 Å². The molecule has 4 rings (SSSR count). The highest BCUT2D eigenvalue weighted by Crippen LogP contribution is 2.27. The topological polar surface area (TPSA) is 86.8 Å². The van der Waals surface area contributed by atoms with Crippen LogP contribution in [0.25, 0.3) is 0 Å². The van der Waals surface area contributed by atoms with Crippen LogP contribution in [0.4, 0.5) is 14.5 Å². The lowest BCUT2D eigenvalue weighted by atomic mass is 10.1. The number of para-hydroxylation sites is 1. The van der Waals surface area contributed by atoms with E-state index < -0.39 is 40.2 Å². The molecule has 0 radical (unpaired) electrons. The maximum atomic E-state index is 14.9. The lowest BCUT2D eigenvalue weighted by Crippen LogP contribution is -2.52. The summed E-state index contributed by atoms with van der Waals surface area (Å²) < 4.78 is 56.4. The number of benzene rings is 3. The zero-order chi connectivity index (χ0) is 28.0. The Labute approximate surface area is 227 Å². The van der Waals surface area contributed by atoms with E-state index in [1.807, 2.05) is 0 Å². The number of hydrogen-bond acceptors (Lipinski definition) is 4. The molecule has 0 aromatic heterocycles. The molecule has 2 amide bonds. The number of carbonyl (C=O) groups excluding carboxylic acids is 2. The molecule has 1 fully saturated rings. The SMILES string of the molecule is C[C@@H](C(=O)NC1CCCC1)N(Cc1ccc(F)cc1)C(=O)CN(c1ccccc1F)S(=O)(=O)c1ccccc1. The van der Waals surface area contributed by atoms with E-state index in [9.17, 15) is 26.8 Å². The molecule has 1 saturated carbocycles. The van der Waals surface area contributed by atoms with Gasteiger partial charge in [-0.15, -0.1) is 0 Å². The number of carbonyl (C=O) groups is 2. The molecule has 1 N–H and O–H groups in total. The number of nitrogens with one attached hydrogen (secondary N) is 1. The second-order valence-electron chi connectivity index (χ2n) is 9.59. The van der Waals surface area contributed by atoms with E-state index in [0.29, 0.717) is 5.56 Å². The zero-order valence-corrected chi connectivity index (χ0v) is 22.4. The molecule has 3 aromatic rings. The minimum Gasteiger partial charge on any atom is -0.352 e. The number of sulfonamides is 1. The van der Waals surface area contributed by atoms with Crippen LogP contribution < -0.4 is 9.62 Å². The van der Waals surface area contributed by atoms with Crippen molar-refractivity contribution in [1.82, 2.24) is 10.2 Å². The van der Waals surface area contributed by atoms with Gasteiger partial charge in [0.2, 0.25) is 11.8 Å². The quantitative estimate of drug-likeness (QED) is 0.395. The third-order valence-corrected chi connectivity index (χ3v) is 8.64. The number of anilines is 1. The van der Waals surface area contributed by atoms with Crippen LogP contribution in [0.3, 0.4) is 0 Å². The fraction of sp³-hybridized carbons (Fsp3) is 0.310. The molecule has 0 saturated heterocycles. The number of rotatable bonds is 10. The Balaban J connectivity index is 1.68. The van der Waals surface area contributed by atoms with Gasteiger partial charge in [-0.1, -0.05) is 55.3 Å². The summed E-state index contributed by atoms with van der Waals surface area (Å²) in [7, 11) is -4.35. The summed E-state index contributed by atoms with van der Waals surface area (Å²) in [4.78, 5) is 28.1. The molecule has 1 aliphatic rings. The van der Waals surface area contributed by atoms with Crippen molar-refractivity contribution in [1.29, 1.82) is 0 Å². The van der Waals surface area contributed by atoms with Gasteiger partial charge in [0, 0.05) is 12.6 Å². The minimum absolute atomic E-state index is 0.0103. The monoisotopic (exact) mass is 555 g/mol. The maximum Gasteiger partial charge on any atom is 0.264 e. The second-order valence-corrected chi connectivity index (χ2v) is 11.5. The van der Waals surface area contributed by atoms with E-state index >= 15 is 0 Å². The Bertz CT molecular complexity index is 1400. The average Bonchev–Trinajstić information content (AvgIpc) is 3.45. The van der Waals surface area contributed by atoms with E-state index in [1.165, 1.54) is 71.6 Å². The maximum absolute atomic E-state index is 14.9. The predicted molar refractivity (Wildman–Crippen MR) is 144 cm³/mol. The van der Waals surface area contributed by atoms with Crippen LogP contribution in [0.15, 0.2) is 83.8 Å². The second kappa shape index (κ2) is 12.4. The van der Waals surface area contributed by atoms with Crippen molar-refractivity contribution < 1.29 is 26.8 Å². The van der Waals surface area contributed by atoms with E-state index in [0.717, 1.165) is 36.1 Å². The first-order valence-corrected chi connectivity index (χ1v) is 14.3. The van der Waals surface area contributed by atoms with E-state index in [-0.39, 0.29) is 29.1 Å². The summed E-state index contributed by atoms with van der Waals surface area (Å²) in [6.07, 6.45) is 3.71. The predicted octanol–water partition coefficient (Wildman–Crippen LogP) is 4.64. The van der Waals surface area contributed by atoms with E-state index in [2.05, 4.69) is 5.32 Å². The van der Waals surface area contributed by atoms with Crippen LogP contribution in [0, 0.1) is 11.6 Å². The standard InChI is InChI=1S/C29H31F2N3O4S/c1-21(29(36)32-24-9-5-6-10-24)33(19-22-15-17-23(30)18-16-22)28(35)20-34(27-14-8-7-13-26(27)31)39(37,38)25-11-3-2-4-12-25/h2-4,7-8,11-18,21,24H,5-6,9-10,19-20H2,1H3,(H,32,36)/t21-/m0/s1. The molecule has 0 bridgehead atoms. The third-order valence-electron chi connectivity index (χ3n) is 6.87. The van der Waals surface area contributed by atoms with Gasteiger partial charge < -0.3 is 10.2 Å². The molecule has 0 spiro atoms. The largest absolute Gasteiger partial charge is 0.352 e. The first-order chi connectivity index (χ1) is 18.7. The molecule has 1 atom stereocenters. The summed E-state index contributed by atoms with van der Waals surface area (Å²) in [5.74, 6) is -2.36. The number of halogens is 2. The Morgan fingerprint density at radius 1 is 0.923 bits per heavy atom. The van der Waals surface area contributed by atoms with Gasteiger partial charge in [0.1, 0.15) is 24.2 Å². The highest BCUT2D eigenvalue weighted by Gasteiger charge is 2.34. The van der Waals surface area contributed by atoms with Crippen molar-refractivity contribution in [2.24, 2.45) is 0 Å². The molecule has 0 aliphatic heterocycles. The molecule has 39 heavy (non-hydrogen) atoms. The normalized spacial score (nSPS) is 14.5. The van der Waals surface area contributed by atoms with Crippen molar-refractivity contribution in [3.8, 4) is 0 Å². The van der Waals surface area contributed by atoms with Gasteiger partial charge in [-0.05, 0) is 61.7 Å². The molecular formula is C29H31F2N3O4S. The van der Waals surface area contributed by atoms with Gasteiger partial charge in [0.05, 0.1) is 10.6 Å². The first kappa shape index (κ1) is 28.2. The fourth-order valence-corrected chi connectivity index (χ4v) is 6.09. The average molecular weight is 556 g/mol. The Kier molecular flexibility index (Phi) is 8.96. The molecule has 206 valence electrons. The molecule has 3 aromatic carbocycles. The molecule has 7 nitrogen and oxygen atoms in total. The van der Waals surface area contributed by atoms with Crippen LogP contribution in [0.1, 0.15) is 38.2 Å². The van der Waals surface area contributed by atoms with Crippen LogP contribution >= 0.6 is 0 Å². The van der Waals surface area contributed by atoms with E-state index in [1.54, 1.807) is 13.0 Å². The van der Waals surface area contributed by atoms with Crippen molar-refractivity contribution in [2.75, 3.05) is 10.8 Å². The number of hydrogen-bond donors (Lipinski definition) is 1. The zero-order valence-electron chi connectivity index (χ0n) is 21.6. The van der Waals surface area contributed by atoms with Crippen molar-refractivity contribution in [2.45, 2.75) is 56.1 Å². The molecule has 0 heterocycles. The lowest BCUT2D eigenvalue weighted by molar-refractivity contribution is -0.139. The van der Waals surface area contributed by atoms with Gasteiger partial charge in [-0.2, -0.15) is 0 Å². The van der Waals surface area contributed by atoms with Crippen molar-refractivity contribution in [3.63, 3.8) is 0 Å². The Morgan fingerprint density at radius 2 is 1.54 bits per heavy atom. The van der Waals surface area contributed by atoms with Gasteiger partial charge in [-0.25, -0.2) is 17.2 Å². The van der Waals surface area contributed by atoms with Gasteiger partial charge in [0.15, 0.2) is 0 Å². The van der Waals surface area contributed by atoms with Crippen molar-refractivity contribution in [3.05, 3.63) is 96.1 Å². The third kappa shape index (κ3) is 6.81. The van der Waals surface area contributed by atoms with Gasteiger partial charge in [0.25, 0.3) is 10.0 Å². The van der Waals surface area contributed by atoms with Crippen LogP contribution in [-0.2, 0) is 26.2 Å². The molecule has 1 aliphatic carbocycles. The highest BCUT2D eigenvalue weighted by atomic mass is 32.2. The smallest absolute Gasteiger partial charge is 0.264 e. The summed E-state index contributed by atoms with van der Waals surface area (Å²) in [5.41, 5.74) is 0.258. The first-order valence-electron chi connectivity index (χ1n) is 12.8.